The molecule has 1 unspecified atom stereocenters. The van der Waals surface area contributed by atoms with Crippen LogP contribution in [0.4, 0.5) is 0 Å². The lowest BCUT2D eigenvalue weighted by atomic mass is 10.2. The standard InChI is InChI=1S/C18H18N6O2/c25-17-6-5-15(13-3-1-8-19-11-13)22-24(17)12-14-4-2-10-23(14)18(26)16-7-9-20-21-16/h1,3,5-9,11,14H,2,4,10,12H2,(H,20,21). The van der Waals surface area contributed by atoms with E-state index in [1.807, 2.05) is 12.1 Å². The number of rotatable bonds is 4. The number of likely N-dealkylation sites (tertiary alicyclic amines) is 1. The predicted octanol–water partition coefficient (Wildman–Crippen LogP) is 1.33. The lowest BCUT2D eigenvalue weighted by molar-refractivity contribution is 0.0714. The fourth-order valence-electron chi connectivity index (χ4n) is 3.27. The molecule has 1 atom stereocenters. The van der Waals surface area contributed by atoms with E-state index in [1.165, 1.54) is 10.7 Å². The van der Waals surface area contributed by atoms with Gasteiger partial charge in [0.25, 0.3) is 11.5 Å². The Labute approximate surface area is 149 Å². The number of carbonyl (C=O) groups is 1. The van der Waals surface area contributed by atoms with E-state index < -0.39 is 0 Å². The summed E-state index contributed by atoms with van der Waals surface area (Å²) in [7, 11) is 0. The highest BCUT2D eigenvalue weighted by atomic mass is 16.2. The van der Waals surface area contributed by atoms with Crippen molar-refractivity contribution >= 4 is 5.91 Å². The molecule has 0 aliphatic carbocycles. The van der Waals surface area contributed by atoms with Crippen molar-refractivity contribution in [1.82, 2.24) is 29.9 Å². The Hall–Kier alpha value is -3.29. The minimum atomic E-state index is -0.182. The van der Waals surface area contributed by atoms with Crippen LogP contribution in [-0.2, 0) is 6.54 Å². The first-order valence-electron chi connectivity index (χ1n) is 8.51. The maximum atomic E-state index is 12.6. The quantitative estimate of drug-likeness (QED) is 0.766. The molecule has 132 valence electrons. The number of amides is 1. The van der Waals surface area contributed by atoms with E-state index in [-0.39, 0.29) is 17.5 Å². The molecular weight excluding hydrogens is 332 g/mol. The number of nitrogens with one attached hydrogen (secondary N) is 1. The summed E-state index contributed by atoms with van der Waals surface area (Å²) in [5, 5.41) is 11.0. The summed E-state index contributed by atoms with van der Waals surface area (Å²) in [4.78, 5) is 30.8. The molecule has 1 aliphatic heterocycles. The summed E-state index contributed by atoms with van der Waals surface area (Å²) in [5.74, 6) is -0.0959. The third kappa shape index (κ3) is 3.13. The average Bonchev–Trinajstić information content (AvgIpc) is 3.36. The van der Waals surface area contributed by atoms with Crippen LogP contribution in [0.2, 0.25) is 0 Å². The van der Waals surface area contributed by atoms with Gasteiger partial charge in [0.2, 0.25) is 0 Å². The Morgan fingerprint density at radius 2 is 2.15 bits per heavy atom. The fraction of sp³-hybridized carbons (Fsp3) is 0.278. The van der Waals surface area contributed by atoms with E-state index in [0.717, 1.165) is 18.4 Å². The summed E-state index contributed by atoms with van der Waals surface area (Å²) in [5.41, 5.74) is 1.81. The average molecular weight is 350 g/mol. The van der Waals surface area contributed by atoms with Crippen LogP contribution in [-0.4, -0.2) is 48.4 Å². The van der Waals surface area contributed by atoms with Gasteiger partial charge in [0, 0.05) is 36.8 Å². The monoisotopic (exact) mass is 350 g/mol. The van der Waals surface area contributed by atoms with Gasteiger partial charge in [0.05, 0.1) is 18.3 Å². The first kappa shape index (κ1) is 16.2. The Bertz CT molecular complexity index is 951. The van der Waals surface area contributed by atoms with Crippen molar-refractivity contribution in [3.05, 3.63) is 65.0 Å². The third-order valence-electron chi connectivity index (χ3n) is 4.58. The fourth-order valence-corrected chi connectivity index (χ4v) is 3.27. The van der Waals surface area contributed by atoms with Crippen LogP contribution in [0.5, 0.6) is 0 Å². The molecule has 3 aromatic heterocycles. The van der Waals surface area contributed by atoms with Crippen LogP contribution in [0.1, 0.15) is 23.3 Å². The number of hydrogen-bond donors (Lipinski definition) is 1. The van der Waals surface area contributed by atoms with Gasteiger partial charge in [-0.05, 0) is 37.1 Å². The number of carbonyl (C=O) groups excluding carboxylic acids is 1. The second-order valence-electron chi connectivity index (χ2n) is 6.25. The topological polar surface area (TPSA) is 96.8 Å². The summed E-state index contributed by atoms with van der Waals surface area (Å²) in [6, 6.07) is 8.51. The number of hydrogen-bond acceptors (Lipinski definition) is 5. The zero-order valence-electron chi connectivity index (χ0n) is 14.1. The lowest BCUT2D eigenvalue weighted by Crippen LogP contribution is -2.40. The number of nitrogens with zero attached hydrogens (tertiary/aromatic N) is 5. The lowest BCUT2D eigenvalue weighted by Gasteiger charge is -2.24. The second-order valence-corrected chi connectivity index (χ2v) is 6.25. The van der Waals surface area contributed by atoms with Gasteiger partial charge in [-0.15, -0.1) is 0 Å². The zero-order valence-corrected chi connectivity index (χ0v) is 14.1. The van der Waals surface area contributed by atoms with Gasteiger partial charge in [0.1, 0.15) is 5.69 Å². The van der Waals surface area contributed by atoms with Crippen LogP contribution < -0.4 is 5.56 Å². The summed E-state index contributed by atoms with van der Waals surface area (Å²) < 4.78 is 1.44. The Kier molecular flexibility index (Phi) is 4.30. The van der Waals surface area contributed by atoms with Gasteiger partial charge in [-0.2, -0.15) is 10.2 Å². The smallest absolute Gasteiger partial charge is 0.272 e. The highest BCUT2D eigenvalue weighted by molar-refractivity contribution is 5.92. The van der Waals surface area contributed by atoms with Gasteiger partial charge in [-0.25, -0.2) is 4.68 Å². The van der Waals surface area contributed by atoms with E-state index in [1.54, 1.807) is 35.6 Å². The molecule has 26 heavy (non-hydrogen) atoms. The molecule has 1 saturated heterocycles. The molecule has 0 saturated carbocycles. The van der Waals surface area contributed by atoms with E-state index in [0.29, 0.717) is 24.5 Å². The number of H-pyrrole nitrogens is 1. The normalized spacial score (nSPS) is 16.8. The molecule has 8 heteroatoms. The number of pyridine rings is 1. The molecule has 0 aromatic carbocycles. The van der Waals surface area contributed by atoms with Crippen molar-refractivity contribution in [2.75, 3.05) is 6.54 Å². The molecule has 1 aliphatic rings. The summed E-state index contributed by atoms with van der Waals surface area (Å²) in [6.07, 6.45) is 6.70. The highest BCUT2D eigenvalue weighted by Gasteiger charge is 2.30. The molecule has 4 heterocycles. The van der Waals surface area contributed by atoms with Crippen LogP contribution in [0, 0.1) is 0 Å². The summed E-state index contributed by atoms with van der Waals surface area (Å²) >= 11 is 0. The minimum Gasteiger partial charge on any atom is -0.332 e. The SMILES string of the molecule is O=C(c1ccn[nH]1)N1CCCC1Cn1nc(-c2cccnc2)ccc1=O. The molecule has 1 N–H and O–H groups in total. The molecule has 8 nitrogen and oxygen atoms in total. The third-order valence-corrected chi connectivity index (χ3v) is 4.58. The molecular formula is C18H18N6O2. The molecule has 0 bridgehead atoms. The first-order chi connectivity index (χ1) is 12.7. The first-order valence-corrected chi connectivity index (χ1v) is 8.51. The molecule has 0 spiro atoms. The van der Waals surface area contributed by atoms with Crippen molar-refractivity contribution in [2.45, 2.75) is 25.4 Å². The number of aromatic amines is 1. The van der Waals surface area contributed by atoms with Gasteiger partial charge in [-0.1, -0.05) is 0 Å². The van der Waals surface area contributed by atoms with E-state index in [4.69, 9.17) is 0 Å². The molecule has 1 amide bonds. The maximum Gasteiger partial charge on any atom is 0.272 e. The molecule has 4 rings (SSSR count). The molecule has 3 aromatic rings. The van der Waals surface area contributed by atoms with Gasteiger partial charge < -0.3 is 4.90 Å². The van der Waals surface area contributed by atoms with Gasteiger partial charge in [0.15, 0.2) is 0 Å². The van der Waals surface area contributed by atoms with E-state index >= 15 is 0 Å². The zero-order chi connectivity index (χ0) is 17.9. The minimum absolute atomic E-state index is 0.0693. The maximum absolute atomic E-state index is 12.6. The Balaban J connectivity index is 1.58. The number of aromatic nitrogens is 5. The van der Waals surface area contributed by atoms with E-state index in [9.17, 15) is 9.59 Å². The van der Waals surface area contributed by atoms with E-state index in [2.05, 4.69) is 20.3 Å². The van der Waals surface area contributed by atoms with Crippen molar-refractivity contribution in [2.24, 2.45) is 0 Å². The molecule has 1 fully saturated rings. The van der Waals surface area contributed by atoms with Crippen LogP contribution in [0.25, 0.3) is 11.3 Å². The van der Waals surface area contributed by atoms with Gasteiger partial charge >= 0.3 is 0 Å². The largest absolute Gasteiger partial charge is 0.332 e. The van der Waals surface area contributed by atoms with Crippen molar-refractivity contribution in [1.29, 1.82) is 0 Å². The Morgan fingerprint density at radius 1 is 1.23 bits per heavy atom. The Morgan fingerprint density at radius 3 is 2.92 bits per heavy atom. The summed E-state index contributed by atoms with van der Waals surface area (Å²) in [6.45, 7) is 1.03. The second kappa shape index (κ2) is 6.91. The van der Waals surface area contributed by atoms with Crippen LogP contribution >= 0.6 is 0 Å². The van der Waals surface area contributed by atoms with Crippen LogP contribution in [0.3, 0.4) is 0 Å². The van der Waals surface area contributed by atoms with Crippen molar-refractivity contribution < 1.29 is 4.79 Å². The van der Waals surface area contributed by atoms with Crippen molar-refractivity contribution in [3.63, 3.8) is 0 Å². The highest BCUT2D eigenvalue weighted by Crippen LogP contribution is 2.21. The van der Waals surface area contributed by atoms with Crippen LogP contribution in [0.15, 0.2) is 53.7 Å². The van der Waals surface area contributed by atoms with Gasteiger partial charge in [-0.3, -0.25) is 19.7 Å². The predicted molar refractivity (Wildman–Crippen MR) is 94.4 cm³/mol. The molecule has 0 radical (unpaired) electrons. The van der Waals surface area contributed by atoms with Crippen molar-refractivity contribution in [3.8, 4) is 11.3 Å².